The Morgan fingerprint density at radius 1 is 0.711 bits per heavy atom. The van der Waals surface area contributed by atoms with Gasteiger partial charge >= 0.3 is 13.6 Å². The molecular formula is C56H74ClN10O14PS. The van der Waals surface area contributed by atoms with Crippen LogP contribution >= 0.6 is 31.0 Å². The first kappa shape index (κ1) is 66.5. The number of nitrogens with two attached hydrogens (primary N) is 1. The Balaban J connectivity index is 1.46. The van der Waals surface area contributed by atoms with Gasteiger partial charge in [0.2, 0.25) is 53.2 Å². The smallest absolute Gasteiger partial charge is 0.329 e. The molecule has 24 nitrogen and oxygen atoms in total. The number of nitrogens with one attached hydrogen (secondary N) is 9. The van der Waals surface area contributed by atoms with Gasteiger partial charge in [-0.15, -0.1) is 0 Å². The topological polar surface area (TPSA) is 387 Å². The fraction of sp³-hybridized carbons (Fsp3) is 0.464. The molecule has 14 N–H and O–H groups in total. The normalized spacial score (nSPS) is 15.0. The standard InChI is InChI=1S/C56H74ClN10O14PS/c1-31(2)24-42(47(58)71)64-54(78)56(21-22-56)67-52(76)39(18-19-46(69)70)61-50(74)45(27-36-29-59-41-28-37(57)16-17-38(36)41)63-49(73)44(26-34-12-14-35(15-13-34)30-82(79,80)81)65-53(77)55(4,5)66-51(75)40(20-23-83-6)62-48(72)43(60-32(3)68)25-33-10-8-7-9-11-33/h7-17,28-29,31,39-40,42-45,59H,18-27,30H2,1-6H3,(H2,58,71)(H,60,68)(H,61,74)(H,62,72)(H,63,73)(H,64,78)(H,65,77)(H,66,75)(H,67,76)(H,69,70)(H2,79,80,81)/t39-,40-,42-,43-,44-,45+/m0/s1. The van der Waals surface area contributed by atoms with Crippen molar-refractivity contribution in [2.75, 3.05) is 12.0 Å². The zero-order valence-electron chi connectivity index (χ0n) is 47.0. The Labute approximate surface area is 489 Å². The summed E-state index contributed by atoms with van der Waals surface area (Å²) in [5.41, 5.74) is 4.62. The number of carboxylic acids is 1. The van der Waals surface area contributed by atoms with Crippen molar-refractivity contribution in [3.05, 3.63) is 106 Å². The molecule has 9 amide bonds. The van der Waals surface area contributed by atoms with Gasteiger partial charge in [0.25, 0.3) is 0 Å². The van der Waals surface area contributed by atoms with Gasteiger partial charge < -0.3 is 68.1 Å². The molecule has 0 radical (unpaired) electrons. The molecule has 1 saturated carbocycles. The highest BCUT2D eigenvalue weighted by atomic mass is 35.5. The molecule has 1 aliphatic rings. The minimum Gasteiger partial charge on any atom is -0.481 e. The fourth-order valence-electron chi connectivity index (χ4n) is 9.04. The van der Waals surface area contributed by atoms with Crippen LogP contribution in [0.15, 0.2) is 79.0 Å². The van der Waals surface area contributed by atoms with Crippen LogP contribution in [0, 0.1) is 5.92 Å². The lowest BCUT2D eigenvalue weighted by Gasteiger charge is -2.31. The zero-order chi connectivity index (χ0) is 61.4. The summed E-state index contributed by atoms with van der Waals surface area (Å²) < 4.78 is 11.8. The second kappa shape index (κ2) is 29.8. The van der Waals surface area contributed by atoms with Crippen LogP contribution in [0.4, 0.5) is 0 Å². The van der Waals surface area contributed by atoms with Crippen LogP contribution in [0.1, 0.15) is 95.4 Å². The molecule has 27 heteroatoms. The van der Waals surface area contributed by atoms with Crippen LogP contribution in [0.25, 0.3) is 10.9 Å². The quantitative estimate of drug-likeness (QED) is 0.0312. The molecule has 3 aromatic carbocycles. The van der Waals surface area contributed by atoms with Crippen molar-refractivity contribution in [2.45, 2.75) is 146 Å². The van der Waals surface area contributed by atoms with E-state index in [9.17, 15) is 67.4 Å². The van der Waals surface area contributed by atoms with Gasteiger partial charge in [0.1, 0.15) is 47.3 Å². The number of aromatic nitrogens is 1. The number of carbonyl (C=O) groups is 10. The minimum absolute atomic E-state index is 0.0392. The van der Waals surface area contributed by atoms with Crippen molar-refractivity contribution in [3.63, 3.8) is 0 Å². The summed E-state index contributed by atoms with van der Waals surface area (Å²) >= 11 is 7.67. The van der Waals surface area contributed by atoms with E-state index in [-0.39, 0.29) is 56.4 Å². The molecule has 4 aromatic rings. The van der Waals surface area contributed by atoms with E-state index >= 15 is 0 Å². The summed E-state index contributed by atoms with van der Waals surface area (Å²) in [6, 6.07) is 11.5. The summed E-state index contributed by atoms with van der Waals surface area (Å²) in [6.45, 7) is 7.61. The first-order valence-electron chi connectivity index (χ1n) is 26.8. The van der Waals surface area contributed by atoms with Crippen LogP contribution < -0.4 is 48.3 Å². The SMILES string of the molecule is CSCC[C@H](NC(=O)[C@H](Cc1ccccc1)NC(C)=O)C(=O)NC(C)(C)C(=O)N[C@@H](Cc1ccc(CP(=O)(O)O)cc1)C(=O)N[C@H](Cc1c[nH]c2cc(Cl)ccc12)C(=O)N[C@@H](CCC(=O)O)C(=O)NC1(C(=O)N[C@@H](CC(C)C)C(N)=O)CC1. The maximum absolute atomic E-state index is 14.9. The summed E-state index contributed by atoms with van der Waals surface area (Å²) in [6.07, 6.45) is 1.80. The number of hydrogen-bond acceptors (Lipinski definition) is 12. The van der Waals surface area contributed by atoms with E-state index in [0.717, 1.165) is 5.56 Å². The highest BCUT2D eigenvalue weighted by molar-refractivity contribution is 7.98. The maximum Gasteiger partial charge on any atom is 0.329 e. The molecule has 1 fully saturated rings. The Hall–Kier alpha value is -7.31. The van der Waals surface area contributed by atoms with Gasteiger partial charge in [-0.3, -0.25) is 52.5 Å². The number of carboxylic acid groups (broad SMARTS) is 1. The number of aliphatic carboxylic acids is 1. The van der Waals surface area contributed by atoms with Crippen LogP contribution in [-0.4, -0.2) is 138 Å². The van der Waals surface area contributed by atoms with Crippen LogP contribution in [-0.2, 0) is 77.9 Å². The third kappa shape index (κ3) is 20.8. The van der Waals surface area contributed by atoms with E-state index in [4.69, 9.17) is 17.3 Å². The molecule has 83 heavy (non-hydrogen) atoms. The molecule has 1 heterocycles. The number of benzene rings is 3. The predicted octanol–water partition coefficient (Wildman–Crippen LogP) is 2.15. The van der Waals surface area contributed by atoms with Gasteiger partial charge in [-0.2, -0.15) is 11.8 Å². The second-order valence-corrected chi connectivity index (χ2v) is 24.7. The van der Waals surface area contributed by atoms with E-state index in [1.807, 2.05) is 13.8 Å². The lowest BCUT2D eigenvalue weighted by Crippen LogP contribution is -2.63. The average Bonchev–Trinajstić information content (AvgIpc) is 2.77. The molecule has 6 atom stereocenters. The molecule has 0 aliphatic heterocycles. The molecule has 5 rings (SSSR count). The van der Waals surface area contributed by atoms with Crippen molar-refractivity contribution in [2.24, 2.45) is 11.7 Å². The minimum atomic E-state index is -4.49. The number of fused-ring (bicyclic) bond motifs is 1. The zero-order valence-corrected chi connectivity index (χ0v) is 49.4. The number of aromatic amines is 1. The van der Waals surface area contributed by atoms with E-state index in [2.05, 4.69) is 47.5 Å². The van der Waals surface area contributed by atoms with Crippen molar-refractivity contribution in [1.82, 2.24) is 47.5 Å². The van der Waals surface area contributed by atoms with Gasteiger partial charge in [0, 0.05) is 54.7 Å². The monoisotopic (exact) mass is 1210 g/mol. The summed E-state index contributed by atoms with van der Waals surface area (Å²) in [4.78, 5) is 159. The number of thioether (sulfide) groups is 1. The number of carbonyl (C=O) groups excluding carboxylic acids is 9. The Kier molecular flexibility index (Phi) is 23.9. The van der Waals surface area contributed by atoms with Crippen LogP contribution in [0.3, 0.4) is 0 Å². The Bertz CT molecular complexity index is 3060. The lowest BCUT2D eigenvalue weighted by molar-refractivity contribution is -0.139. The fourth-order valence-corrected chi connectivity index (χ4v) is 10.4. The van der Waals surface area contributed by atoms with Crippen LogP contribution in [0.5, 0.6) is 0 Å². The van der Waals surface area contributed by atoms with Crippen molar-refractivity contribution in [3.8, 4) is 0 Å². The summed E-state index contributed by atoms with van der Waals surface area (Å²) in [5, 5.41) is 31.9. The van der Waals surface area contributed by atoms with Gasteiger partial charge in [-0.25, -0.2) is 0 Å². The lowest BCUT2D eigenvalue weighted by atomic mass is 9.98. The highest BCUT2D eigenvalue weighted by Crippen LogP contribution is 2.39. The largest absolute Gasteiger partial charge is 0.481 e. The molecule has 1 aromatic heterocycles. The van der Waals surface area contributed by atoms with E-state index < -0.39 is 133 Å². The van der Waals surface area contributed by atoms with E-state index in [1.165, 1.54) is 56.8 Å². The highest BCUT2D eigenvalue weighted by Gasteiger charge is 2.52. The van der Waals surface area contributed by atoms with Gasteiger partial charge in [-0.1, -0.05) is 86.1 Å². The van der Waals surface area contributed by atoms with Gasteiger partial charge in [-0.05, 0) is 98.3 Å². The summed E-state index contributed by atoms with van der Waals surface area (Å²) in [7, 11) is -4.49. The average molecular weight is 1210 g/mol. The van der Waals surface area contributed by atoms with Gasteiger partial charge in [0.15, 0.2) is 0 Å². The number of hydrogen-bond donors (Lipinski definition) is 13. The first-order valence-corrected chi connectivity index (χ1v) is 30.4. The molecule has 0 unspecified atom stereocenters. The number of amides is 9. The first-order chi connectivity index (χ1) is 39.0. The van der Waals surface area contributed by atoms with E-state index in [0.29, 0.717) is 32.8 Å². The number of H-pyrrole nitrogens is 1. The summed E-state index contributed by atoms with van der Waals surface area (Å²) in [5.74, 6) is -8.20. The molecule has 1 aliphatic carbocycles. The third-order valence-electron chi connectivity index (χ3n) is 13.7. The molecular weight excluding hydrogens is 1140 g/mol. The third-order valence-corrected chi connectivity index (χ3v) is 15.3. The van der Waals surface area contributed by atoms with E-state index in [1.54, 1.807) is 61.0 Å². The van der Waals surface area contributed by atoms with Crippen molar-refractivity contribution in [1.29, 1.82) is 0 Å². The molecule has 0 spiro atoms. The number of halogens is 1. The van der Waals surface area contributed by atoms with Crippen molar-refractivity contribution >= 4 is 101 Å². The van der Waals surface area contributed by atoms with Crippen molar-refractivity contribution < 1.29 is 67.4 Å². The number of primary amides is 1. The van der Waals surface area contributed by atoms with Gasteiger partial charge in [0.05, 0.1) is 6.16 Å². The molecule has 0 bridgehead atoms. The predicted molar refractivity (Wildman–Crippen MR) is 311 cm³/mol. The maximum atomic E-state index is 14.9. The Morgan fingerprint density at radius 3 is 1.81 bits per heavy atom. The van der Waals surface area contributed by atoms with Crippen LogP contribution in [0.2, 0.25) is 5.02 Å². The molecule has 450 valence electrons. The second-order valence-electron chi connectivity index (χ2n) is 21.7. The molecule has 0 saturated heterocycles. The number of rotatable bonds is 32. The Morgan fingerprint density at radius 2 is 1.27 bits per heavy atom.